The van der Waals surface area contributed by atoms with E-state index in [0.717, 1.165) is 27.6 Å². The molecule has 1 aromatic heterocycles. The van der Waals surface area contributed by atoms with Gasteiger partial charge in [-0.25, -0.2) is 4.57 Å². The molecule has 0 aliphatic carbocycles. The second-order valence-electron chi connectivity index (χ2n) is 6.47. The van der Waals surface area contributed by atoms with Crippen LogP contribution >= 0.6 is 0 Å². The molecule has 0 amide bonds. The molecule has 0 unspecified atom stereocenters. The lowest BCUT2D eigenvalue weighted by Gasteiger charge is -2.03. The van der Waals surface area contributed by atoms with Gasteiger partial charge in [-0.05, 0) is 28.7 Å². The van der Waals surface area contributed by atoms with E-state index in [4.69, 9.17) is 0 Å². The van der Waals surface area contributed by atoms with Gasteiger partial charge in [0, 0.05) is 17.2 Å². The molecule has 0 atom stereocenters. The van der Waals surface area contributed by atoms with Crippen molar-refractivity contribution in [3.8, 4) is 11.3 Å². The molecule has 0 radical (unpaired) electrons. The monoisotopic (exact) mass is 339 g/mol. The molecule has 3 aromatic carbocycles. The molecule has 0 aliphatic heterocycles. The Balaban J connectivity index is 1.52. The molecule has 0 fully saturated rings. The fourth-order valence-corrected chi connectivity index (χ4v) is 2.99. The Morgan fingerprint density at radius 2 is 1.69 bits per heavy atom. The normalized spacial score (nSPS) is 10.8. The van der Waals surface area contributed by atoms with Crippen LogP contribution in [0.5, 0.6) is 0 Å². The van der Waals surface area contributed by atoms with E-state index in [1.165, 1.54) is 5.56 Å². The van der Waals surface area contributed by atoms with Gasteiger partial charge in [-0.3, -0.25) is 4.79 Å². The first-order valence-electron chi connectivity index (χ1n) is 8.63. The van der Waals surface area contributed by atoms with E-state index in [2.05, 4.69) is 36.2 Å². The smallest absolute Gasteiger partial charge is 0.287 e. The Bertz CT molecular complexity index is 1070. The summed E-state index contributed by atoms with van der Waals surface area (Å²) in [4.78, 5) is 17.1. The van der Waals surface area contributed by atoms with Crippen LogP contribution in [-0.2, 0) is 6.54 Å². The van der Waals surface area contributed by atoms with Gasteiger partial charge in [-0.1, -0.05) is 66.2 Å². The molecule has 0 N–H and O–H groups in total. The van der Waals surface area contributed by atoms with Crippen LogP contribution in [0.4, 0.5) is 0 Å². The molecule has 126 valence electrons. The van der Waals surface area contributed by atoms with E-state index in [1.54, 1.807) is 6.33 Å². The number of carbonyl (C=O) groups excluding carboxylic acids is 1. The molecule has 1 heterocycles. The fraction of sp³-hybridized carbons (Fsp3) is 0.0870. The summed E-state index contributed by atoms with van der Waals surface area (Å²) in [5, 5.41) is 2.22. The Kier molecular flexibility index (Phi) is 4.28. The summed E-state index contributed by atoms with van der Waals surface area (Å²) in [5.74, 6) is 0.0747. The molecular formula is C23H19N2O+. The van der Waals surface area contributed by atoms with Gasteiger partial charge in [0.05, 0.1) is 6.20 Å². The van der Waals surface area contributed by atoms with Gasteiger partial charge in [0.1, 0.15) is 0 Å². The van der Waals surface area contributed by atoms with Crippen molar-refractivity contribution in [3.05, 3.63) is 96.4 Å². The number of nitrogens with zero attached hydrogens (tertiary/aromatic N) is 2. The predicted molar refractivity (Wildman–Crippen MR) is 103 cm³/mol. The highest BCUT2D eigenvalue weighted by molar-refractivity contribution is 5.99. The zero-order chi connectivity index (χ0) is 17.9. The SMILES string of the molecule is Cc1ccc(-c2cc[n+](CC(=O)c3ccc4ccccc4c3)cn2)cc1. The number of benzene rings is 3. The van der Waals surface area contributed by atoms with Gasteiger partial charge < -0.3 is 0 Å². The standard InChI is InChI=1S/C23H19N2O/c1-17-6-8-19(9-7-17)22-12-13-25(16-24-22)15-23(26)21-11-10-18-4-2-3-5-20(18)14-21/h2-14,16H,15H2,1H3/q+1. The number of ketones is 1. The van der Waals surface area contributed by atoms with E-state index >= 15 is 0 Å². The van der Waals surface area contributed by atoms with E-state index in [0.29, 0.717) is 0 Å². The van der Waals surface area contributed by atoms with E-state index in [1.807, 2.05) is 59.3 Å². The fourth-order valence-electron chi connectivity index (χ4n) is 2.99. The molecule has 0 saturated heterocycles. The topological polar surface area (TPSA) is 33.8 Å². The summed E-state index contributed by atoms with van der Waals surface area (Å²) >= 11 is 0. The summed E-state index contributed by atoms with van der Waals surface area (Å²) < 4.78 is 1.81. The molecule has 0 spiro atoms. The number of hydrogen-bond donors (Lipinski definition) is 0. The Hall–Kier alpha value is -3.33. The first-order chi connectivity index (χ1) is 12.7. The molecule has 0 bridgehead atoms. The van der Waals surface area contributed by atoms with Gasteiger partial charge in [-0.15, -0.1) is 0 Å². The van der Waals surface area contributed by atoms with E-state index < -0.39 is 0 Å². The number of aryl methyl sites for hydroxylation is 1. The third kappa shape index (κ3) is 3.38. The minimum atomic E-state index is 0.0747. The minimum Gasteiger partial charge on any atom is -0.290 e. The summed E-state index contributed by atoms with van der Waals surface area (Å²) in [5.41, 5.74) is 3.92. The average molecular weight is 339 g/mol. The quantitative estimate of drug-likeness (QED) is 0.408. The maximum atomic E-state index is 12.6. The zero-order valence-electron chi connectivity index (χ0n) is 14.6. The van der Waals surface area contributed by atoms with E-state index in [-0.39, 0.29) is 12.3 Å². The Morgan fingerprint density at radius 3 is 2.42 bits per heavy atom. The van der Waals surface area contributed by atoms with Crippen LogP contribution in [0.25, 0.3) is 22.0 Å². The molecule has 4 aromatic rings. The summed E-state index contributed by atoms with van der Waals surface area (Å²) in [6.45, 7) is 2.34. The Labute approximate surface area is 152 Å². The summed E-state index contributed by atoms with van der Waals surface area (Å²) in [7, 11) is 0. The maximum absolute atomic E-state index is 12.6. The van der Waals surface area contributed by atoms with Crippen LogP contribution in [-0.4, -0.2) is 10.8 Å². The maximum Gasteiger partial charge on any atom is 0.287 e. The van der Waals surface area contributed by atoms with Gasteiger partial charge in [0.2, 0.25) is 5.78 Å². The average Bonchev–Trinajstić information content (AvgIpc) is 2.69. The largest absolute Gasteiger partial charge is 0.290 e. The second kappa shape index (κ2) is 6.89. The number of Topliss-reactive ketones (excluding diaryl/α,β-unsaturated/α-hetero) is 1. The highest BCUT2D eigenvalue weighted by Crippen LogP contribution is 2.17. The second-order valence-corrected chi connectivity index (χ2v) is 6.47. The first kappa shape index (κ1) is 16.2. The predicted octanol–water partition coefficient (Wildman–Crippen LogP) is 4.38. The van der Waals surface area contributed by atoms with Crippen molar-refractivity contribution < 1.29 is 9.36 Å². The van der Waals surface area contributed by atoms with Crippen molar-refractivity contribution in [2.24, 2.45) is 0 Å². The summed E-state index contributed by atoms with van der Waals surface area (Å²) in [6.07, 6.45) is 3.62. The first-order valence-corrected chi connectivity index (χ1v) is 8.63. The van der Waals surface area contributed by atoms with E-state index in [9.17, 15) is 4.79 Å². The van der Waals surface area contributed by atoms with Crippen LogP contribution in [0.15, 0.2) is 85.3 Å². The lowest BCUT2D eigenvalue weighted by atomic mass is 10.0. The van der Waals surface area contributed by atoms with Gasteiger partial charge in [0.25, 0.3) is 6.33 Å². The van der Waals surface area contributed by atoms with Crippen LogP contribution in [0.3, 0.4) is 0 Å². The van der Waals surface area contributed by atoms with Crippen molar-refractivity contribution in [2.45, 2.75) is 13.5 Å². The van der Waals surface area contributed by atoms with Gasteiger partial charge in [-0.2, -0.15) is 0 Å². The third-order valence-electron chi connectivity index (χ3n) is 4.51. The van der Waals surface area contributed by atoms with Crippen molar-refractivity contribution in [2.75, 3.05) is 0 Å². The van der Waals surface area contributed by atoms with Gasteiger partial charge in [0.15, 0.2) is 12.2 Å². The summed E-state index contributed by atoms with van der Waals surface area (Å²) in [6, 6.07) is 24.1. The number of aromatic nitrogens is 2. The molecular weight excluding hydrogens is 320 g/mol. The highest BCUT2D eigenvalue weighted by atomic mass is 16.1. The van der Waals surface area contributed by atoms with Crippen LogP contribution < -0.4 is 4.57 Å². The van der Waals surface area contributed by atoms with Crippen LogP contribution in [0.1, 0.15) is 15.9 Å². The molecule has 4 rings (SSSR count). The minimum absolute atomic E-state index is 0.0747. The van der Waals surface area contributed by atoms with Crippen LogP contribution in [0.2, 0.25) is 0 Å². The third-order valence-corrected chi connectivity index (χ3v) is 4.51. The number of carbonyl (C=O) groups is 1. The highest BCUT2D eigenvalue weighted by Gasteiger charge is 2.12. The molecule has 3 heteroatoms. The number of fused-ring (bicyclic) bond motifs is 1. The van der Waals surface area contributed by atoms with Crippen molar-refractivity contribution in [1.82, 2.24) is 4.98 Å². The number of rotatable bonds is 4. The molecule has 26 heavy (non-hydrogen) atoms. The number of hydrogen-bond acceptors (Lipinski definition) is 2. The lowest BCUT2D eigenvalue weighted by molar-refractivity contribution is -0.686. The zero-order valence-corrected chi connectivity index (χ0v) is 14.6. The van der Waals surface area contributed by atoms with Gasteiger partial charge >= 0.3 is 0 Å². The molecule has 3 nitrogen and oxygen atoms in total. The van der Waals surface area contributed by atoms with Crippen LogP contribution in [0, 0.1) is 6.92 Å². The van der Waals surface area contributed by atoms with Crippen molar-refractivity contribution in [1.29, 1.82) is 0 Å². The molecule has 0 saturated carbocycles. The molecule has 0 aliphatic rings. The Morgan fingerprint density at radius 1 is 0.923 bits per heavy atom. The lowest BCUT2D eigenvalue weighted by Crippen LogP contribution is -2.37. The van der Waals surface area contributed by atoms with Crippen molar-refractivity contribution in [3.63, 3.8) is 0 Å². The van der Waals surface area contributed by atoms with Crippen molar-refractivity contribution >= 4 is 16.6 Å².